The van der Waals surface area contributed by atoms with E-state index in [0.29, 0.717) is 11.7 Å². The van der Waals surface area contributed by atoms with E-state index in [1.54, 1.807) is 12.4 Å². The van der Waals surface area contributed by atoms with Gasteiger partial charge in [0.15, 0.2) is 6.61 Å². The molecule has 2 aromatic heterocycles. The number of aromatic nitrogens is 3. The van der Waals surface area contributed by atoms with Crippen LogP contribution in [0.15, 0.2) is 53.3 Å². The molecule has 3 rings (SSSR count). The molecule has 0 N–H and O–H groups in total. The van der Waals surface area contributed by atoms with Gasteiger partial charge in [-0.05, 0) is 59.0 Å². The first-order valence-electron chi connectivity index (χ1n) is 5.92. The van der Waals surface area contributed by atoms with Crippen molar-refractivity contribution in [3.63, 3.8) is 0 Å². The van der Waals surface area contributed by atoms with Gasteiger partial charge < -0.3 is 9.26 Å². The molecule has 0 amide bonds. The Kier molecular flexibility index (Phi) is 3.91. The molecule has 0 saturated heterocycles. The molecule has 0 unspecified atom stereocenters. The Morgan fingerprint density at radius 1 is 1.05 bits per heavy atom. The van der Waals surface area contributed by atoms with Crippen LogP contribution in [-0.2, 0) is 6.61 Å². The highest BCUT2D eigenvalue weighted by molar-refractivity contribution is 14.1. The van der Waals surface area contributed by atoms with E-state index in [9.17, 15) is 0 Å². The molecule has 0 aliphatic rings. The molecule has 0 fully saturated rings. The van der Waals surface area contributed by atoms with Crippen molar-refractivity contribution in [1.29, 1.82) is 0 Å². The number of nitrogens with zero attached hydrogens (tertiary/aromatic N) is 3. The van der Waals surface area contributed by atoms with E-state index in [2.05, 4.69) is 37.7 Å². The smallest absolute Gasteiger partial charge is 0.264 e. The van der Waals surface area contributed by atoms with Gasteiger partial charge in [0, 0.05) is 21.5 Å². The number of halogens is 1. The van der Waals surface area contributed by atoms with E-state index >= 15 is 0 Å². The Labute approximate surface area is 129 Å². The van der Waals surface area contributed by atoms with Crippen LogP contribution in [0.25, 0.3) is 11.4 Å². The average Bonchev–Trinajstić information content (AvgIpc) is 2.97. The highest BCUT2D eigenvalue weighted by Crippen LogP contribution is 2.17. The fourth-order valence-electron chi connectivity index (χ4n) is 1.61. The largest absolute Gasteiger partial charge is 0.484 e. The number of rotatable bonds is 4. The first-order valence-corrected chi connectivity index (χ1v) is 7.00. The second-order valence-electron chi connectivity index (χ2n) is 3.99. The Hall–Kier alpha value is -1.96. The summed E-state index contributed by atoms with van der Waals surface area (Å²) in [5.74, 6) is 1.75. The fourth-order valence-corrected chi connectivity index (χ4v) is 1.97. The molecule has 0 bridgehead atoms. The van der Waals surface area contributed by atoms with Crippen LogP contribution < -0.4 is 4.74 Å². The van der Waals surface area contributed by atoms with Crippen molar-refractivity contribution < 1.29 is 9.26 Å². The first kappa shape index (κ1) is 13.0. The third-order valence-corrected chi connectivity index (χ3v) is 3.30. The monoisotopic (exact) mass is 379 g/mol. The van der Waals surface area contributed by atoms with E-state index in [4.69, 9.17) is 9.26 Å². The molecule has 100 valence electrons. The zero-order chi connectivity index (χ0) is 13.8. The molecule has 6 heteroatoms. The van der Waals surface area contributed by atoms with Crippen molar-refractivity contribution in [3.05, 3.63) is 58.3 Å². The molecule has 0 aliphatic heterocycles. The quantitative estimate of drug-likeness (QED) is 0.651. The van der Waals surface area contributed by atoms with Crippen LogP contribution in [0.4, 0.5) is 0 Å². The molecule has 5 nitrogen and oxygen atoms in total. The van der Waals surface area contributed by atoms with Crippen LogP contribution in [0.3, 0.4) is 0 Å². The van der Waals surface area contributed by atoms with Crippen molar-refractivity contribution in [1.82, 2.24) is 15.1 Å². The molecule has 0 spiro atoms. The molecule has 0 saturated carbocycles. The summed E-state index contributed by atoms with van der Waals surface area (Å²) in [6.07, 6.45) is 3.38. The maximum Gasteiger partial charge on any atom is 0.264 e. The van der Waals surface area contributed by atoms with E-state index < -0.39 is 0 Å². The zero-order valence-corrected chi connectivity index (χ0v) is 12.5. The fraction of sp³-hybridized carbons (Fsp3) is 0.0714. The SMILES string of the molecule is Ic1ccc(OCc2nc(-c3ccncc3)no2)cc1. The number of hydrogen-bond acceptors (Lipinski definition) is 5. The molecular formula is C14H10IN3O2. The van der Waals surface area contributed by atoms with Gasteiger partial charge in [-0.3, -0.25) is 4.98 Å². The number of pyridine rings is 1. The third kappa shape index (κ3) is 3.13. The molecule has 1 aromatic carbocycles. The van der Waals surface area contributed by atoms with Crippen LogP contribution in [0.2, 0.25) is 0 Å². The average molecular weight is 379 g/mol. The molecular weight excluding hydrogens is 369 g/mol. The van der Waals surface area contributed by atoms with Gasteiger partial charge in [-0.2, -0.15) is 4.98 Å². The van der Waals surface area contributed by atoms with Gasteiger partial charge in [-0.1, -0.05) is 5.16 Å². The van der Waals surface area contributed by atoms with Gasteiger partial charge >= 0.3 is 0 Å². The molecule has 3 aromatic rings. The van der Waals surface area contributed by atoms with Crippen molar-refractivity contribution in [2.24, 2.45) is 0 Å². The number of hydrogen-bond donors (Lipinski definition) is 0. The maximum absolute atomic E-state index is 5.58. The number of benzene rings is 1. The standard InChI is InChI=1S/C14H10IN3O2/c15-11-1-3-12(4-2-11)19-9-13-17-14(18-20-13)10-5-7-16-8-6-10/h1-8H,9H2. The Bertz CT molecular complexity index is 683. The lowest BCUT2D eigenvalue weighted by Crippen LogP contribution is -1.95. The highest BCUT2D eigenvalue weighted by atomic mass is 127. The normalized spacial score (nSPS) is 10.4. The van der Waals surface area contributed by atoms with E-state index in [1.165, 1.54) is 0 Å². The molecule has 20 heavy (non-hydrogen) atoms. The molecule has 0 aliphatic carbocycles. The van der Waals surface area contributed by atoms with Gasteiger partial charge in [0.2, 0.25) is 5.82 Å². The summed E-state index contributed by atoms with van der Waals surface area (Å²) < 4.78 is 11.9. The third-order valence-electron chi connectivity index (χ3n) is 2.58. The van der Waals surface area contributed by atoms with Gasteiger partial charge in [0.05, 0.1) is 0 Å². The Morgan fingerprint density at radius 3 is 2.55 bits per heavy atom. The lowest BCUT2D eigenvalue weighted by atomic mass is 10.2. The van der Waals surface area contributed by atoms with Crippen molar-refractivity contribution in [3.8, 4) is 17.1 Å². The summed E-state index contributed by atoms with van der Waals surface area (Å²) in [4.78, 5) is 8.23. The summed E-state index contributed by atoms with van der Waals surface area (Å²) in [5, 5.41) is 3.92. The highest BCUT2D eigenvalue weighted by Gasteiger charge is 2.08. The molecule has 2 heterocycles. The van der Waals surface area contributed by atoms with Crippen molar-refractivity contribution in [2.75, 3.05) is 0 Å². The lowest BCUT2D eigenvalue weighted by molar-refractivity contribution is 0.243. The van der Waals surface area contributed by atoms with E-state index in [0.717, 1.165) is 14.9 Å². The predicted molar refractivity (Wildman–Crippen MR) is 81.0 cm³/mol. The minimum Gasteiger partial charge on any atom is -0.484 e. The maximum atomic E-state index is 5.58. The minimum absolute atomic E-state index is 0.249. The van der Waals surface area contributed by atoms with Crippen molar-refractivity contribution >= 4 is 22.6 Å². The van der Waals surface area contributed by atoms with Gasteiger partial charge in [-0.25, -0.2) is 0 Å². The Balaban J connectivity index is 1.67. The zero-order valence-electron chi connectivity index (χ0n) is 10.4. The molecule has 0 atom stereocenters. The van der Waals surface area contributed by atoms with Crippen LogP contribution in [0.5, 0.6) is 5.75 Å². The molecule has 0 radical (unpaired) electrons. The summed E-state index contributed by atoms with van der Waals surface area (Å²) in [5.41, 5.74) is 0.865. The summed E-state index contributed by atoms with van der Waals surface area (Å²) in [7, 11) is 0. The van der Waals surface area contributed by atoms with Crippen LogP contribution in [-0.4, -0.2) is 15.1 Å². The van der Waals surface area contributed by atoms with Gasteiger partial charge in [0.1, 0.15) is 5.75 Å². The van der Waals surface area contributed by atoms with Crippen LogP contribution >= 0.6 is 22.6 Å². The number of ether oxygens (including phenoxy) is 1. The topological polar surface area (TPSA) is 61.0 Å². The minimum atomic E-state index is 0.249. The van der Waals surface area contributed by atoms with Gasteiger partial charge in [-0.15, -0.1) is 0 Å². The lowest BCUT2D eigenvalue weighted by Gasteiger charge is -2.02. The Morgan fingerprint density at radius 2 is 1.80 bits per heavy atom. The first-order chi connectivity index (χ1) is 9.81. The second-order valence-corrected chi connectivity index (χ2v) is 5.24. The van der Waals surface area contributed by atoms with E-state index in [-0.39, 0.29) is 6.61 Å². The summed E-state index contributed by atoms with van der Waals surface area (Å²) >= 11 is 2.24. The van der Waals surface area contributed by atoms with Crippen LogP contribution in [0, 0.1) is 3.57 Å². The van der Waals surface area contributed by atoms with E-state index in [1.807, 2.05) is 36.4 Å². The predicted octanol–water partition coefficient (Wildman–Crippen LogP) is 3.32. The van der Waals surface area contributed by atoms with Crippen molar-refractivity contribution in [2.45, 2.75) is 6.61 Å². The summed E-state index contributed by atoms with van der Waals surface area (Å²) in [6, 6.07) is 11.4. The summed E-state index contributed by atoms with van der Waals surface area (Å²) in [6.45, 7) is 0.249. The van der Waals surface area contributed by atoms with Gasteiger partial charge in [0.25, 0.3) is 5.89 Å². The second kappa shape index (κ2) is 6.00. The van der Waals surface area contributed by atoms with Crippen LogP contribution in [0.1, 0.15) is 5.89 Å².